The van der Waals surface area contributed by atoms with Crippen molar-refractivity contribution in [3.05, 3.63) is 65.2 Å². The summed E-state index contributed by atoms with van der Waals surface area (Å²) in [6.45, 7) is 9.92. The number of aryl methyl sites for hydroxylation is 1. The summed E-state index contributed by atoms with van der Waals surface area (Å²) in [5.41, 5.74) is 5.05. The van der Waals surface area contributed by atoms with Gasteiger partial charge in [-0.2, -0.15) is 0 Å². The van der Waals surface area contributed by atoms with Crippen molar-refractivity contribution in [2.45, 2.75) is 26.9 Å². The molecular weight excluding hydrogens is 463 g/mol. The Morgan fingerprint density at radius 1 is 1.07 bits per heavy atom. The van der Waals surface area contributed by atoms with Crippen LogP contribution in [0.1, 0.15) is 23.6 Å². The van der Waals surface area contributed by atoms with Gasteiger partial charge in [-0.3, -0.25) is 0 Å². The number of morpholine rings is 1. The molecule has 0 radical (unpaired) electrons. The molecule has 1 fully saturated rings. The minimum Gasteiger partial charge on any atom is -0.378 e. The lowest BCUT2D eigenvalue weighted by atomic mass is 10.1. The number of nitrogens with one attached hydrogen (secondary N) is 2. The van der Waals surface area contributed by atoms with Gasteiger partial charge < -0.3 is 20.3 Å². The fourth-order valence-corrected chi connectivity index (χ4v) is 3.27. The van der Waals surface area contributed by atoms with Gasteiger partial charge in [0.15, 0.2) is 5.96 Å². The van der Waals surface area contributed by atoms with Crippen molar-refractivity contribution in [2.24, 2.45) is 4.99 Å². The molecule has 1 aliphatic heterocycles. The lowest BCUT2D eigenvalue weighted by molar-refractivity contribution is 0.122. The van der Waals surface area contributed by atoms with E-state index in [0.717, 1.165) is 45.4 Å². The summed E-state index contributed by atoms with van der Waals surface area (Å²) < 4.78 is 5.49. The molecule has 0 unspecified atom stereocenters. The maximum atomic E-state index is 5.49. The summed E-state index contributed by atoms with van der Waals surface area (Å²) in [6, 6.07) is 17.1. The monoisotopic (exact) mass is 494 g/mol. The molecule has 0 spiro atoms. The largest absolute Gasteiger partial charge is 0.378 e. The highest BCUT2D eigenvalue weighted by Gasteiger charge is 2.14. The molecule has 0 bridgehead atoms. The number of para-hydroxylation sites is 1. The highest BCUT2D eigenvalue weighted by molar-refractivity contribution is 14.0. The number of aliphatic imine (C=N–C) groups is 1. The molecule has 0 atom stereocenters. The van der Waals surface area contributed by atoms with Gasteiger partial charge in [-0.1, -0.05) is 48.0 Å². The second-order valence-corrected chi connectivity index (χ2v) is 6.77. The van der Waals surface area contributed by atoms with Crippen molar-refractivity contribution < 1.29 is 4.74 Å². The zero-order valence-corrected chi connectivity index (χ0v) is 19.1. The number of ether oxygens (including phenoxy) is 1. The van der Waals surface area contributed by atoms with Gasteiger partial charge >= 0.3 is 0 Å². The quantitative estimate of drug-likeness (QED) is 0.366. The molecule has 0 amide bonds. The van der Waals surface area contributed by atoms with E-state index >= 15 is 0 Å². The van der Waals surface area contributed by atoms with E-state index in [1.807, 2.05) is 0 Å². The summed E-state index contributed by atoms with van der Waals surface area (Å²) in [5, 5.41) is 6.82. The first-order chi connectivity index (χ1) is 13.3. The summed E-state index contributed by atoms with van der Waals surface area (Å²) in [5.74, 6) is 0.843. The van der Waals surface area contributed by atoms with Gasteiger partial charge in [0.25, 0.3) is 0 Å². The van der Waals surface area contributed by atoms with E-state index < -0.39 is 0 Å². The molecule has 2 aromatic carbocycles. The van der Waals surface area contributed by atoms with Crippen LogP contribution in [-0.4, -0.2) is 38.8 Å². The van der Waals surface area contributed by atoms with Crippen LogP contribution in [0.25, 0.3) is 0 Å². The normalized spacial score (nSPS) is 14.4. The lowest BCUT2D eigenvalue weighted by Gasteiger charge is -2.30. The van der Waals surface area contributed by atoms with E-state index in [-0.39, 0.29) is 24.0 Å². The smallest absolute Gasteiger partial charge is 0.191 e. The molecule has 0 aliphatic carbocycles. The minimum atomic E-state index is 0. The summed E-state index contributed by atoms with van der Waals surface area (Å²) in [7, 11) is 0. The second kappa shape index (κ2) is 11.9. The SMILES string of the molecule is CCNC(=NCc1cccc(C)c1)NCc1ccccc1N1CCOCC1.I. The molecule has 2 N–H and O–H groups in total. The first-order valence-electron chi connectivity index (χ1n) is 9.74. The summed E-state index contributed by atoms with van der Waals surface area (Å²) >= 11 is 0. The summed E-state index contributed by atoms with van der Waals surface area (Å²) in [4.78, 5) is 7.14. The topological polar surface area (TPSA) is 48.9 Å². The first-order valence-corrected chi connectivity index (χ1v) is 9.74. The van der Waals surface area contributed by atoms with Crippen molar-refractivity contribution in [2.75, 3.05) is 37.7 Å². The van der Waals surface area contributed by atoms with Crippen LogP contribution in [0.3, 0.4) is 0 Å². The molecule has 0 aromatic heterocycles. The number of nitrogens with zero attached hydrogens (tertiary/aromatic N) is 2. The molecule has 0 saturated carbocycles. The van der Waals surface area contributed by atoms with Gasteiger partial charge in [0.05, 0.1) is 19.8 Å². The molecule has 28 heavy (non-hydrogen) atoms. The van der Waals surface area contributed by atoms with Crippen molar-refractivity contribution >= 4 is 35.6 Å². The van der Waals surface area contributed by atoms with Crippen LogP contribution in [0.15, 0.2) is 53.5 Å². The van der Waals surface area contributed by atoms with Crippen LogP contribution in [0.5, 0.6) is 0 Å². The van der Waals surface area contributed by atoms with Crippen LogP contribution in [0.2, 0.25) is 0 Å². The Morgan fingerprint density at radius 3 is 2.61 bits per heavy atom. The molecule has 3 rings (SSSR count). The van der Waals surface area contributed by atoms with E-state index in [1.165, 1.54) is 22.4 Å². The highest BCUT2D eigenvalue weighted by Crippen LogP contribution is 2.21. The van der Waals surface area contributed by atoms with Crippen LogP contribution in [-0.2, 0) is 17.8 Å². The Hall–Kier alpha value is -1.80. The van der Waals surface area contributed by atoms with Gasteiger partial charge in [-0.05, 0) is 31.0 Å². The fourth-order valence-electron chi connectivity index (χ4n) is 3.27. The Balaban J connectivity index is 0.00000280. The standard InChI is InChI=1S/C22H30N4O.HI/c1-3-23-22(24-16-19-8-6-7-18(2)15-19)25-17-20-9-4-5-10-21(20)26-11-13-27-14-12-26;/h4-10,15H,3,11-14,16-17H2,1-2H3,(H2,23,24,25);1H. The number of anilines is 1. The van der Waals surface area contributed by atoms with Crippen molar-refractivity contribution in [3.8, 4) is 0 Å². The number of hydrogen-bond acceptors (Lipinski definition) is 3. The van der Waals surface area contributed by atoms with E-state index in [9.17, 15) is 0 Å². The third-order valence-corrected chi connectivity index (χ3v) is 4.64. The van der Waals surface area contributed by atoms with E-state index in [2.05, 4.69) is 77.9 Å². The maximum Gasteiger partial charge on any atom is 0.191 e. The van der Waals surface area contributed by atoms with Gasteiger partial charge in [-0.15, -0.1) is 24.0 Å². The Kier molecular flexibility index (Phi) is 9.57. The van der Waals surface area contributed by atoms with Crippen molar-refractivity contribution in [1.29, 1.82) is 0 Å². The van der Waals surface area contributed by atoms with E-state index in [0.29, 0.717) is 6.54 Å². The first kappa shape index (κ1) is 22.5. The molecule has 5 nitrogen and oxygen atoms in total. The predicted molar refractivity (Wildman–Crippen MR) is 128 cm³/mol. The van der Waals surface area contributed by atoms with Gasteiger partial charge in [0.2, 0.25) is 0 Å². The molecule has 6 heteroatoms. The molecule has 2 aromatic rings. The van der Waals surface area contributed by atoms with Crippen molar-refractivity contribution in [3.63, 3.8) is 0 Å². The van der Waals surface area contributed by atoms with Crippen molar-refractivity contribution in [1.82, 2.24) is 10.6 Å². The van der Waals surface area contributed by atoms with E-state index in [1.54, 1.807) is 0 Å². The van der Waals surface area contributed by atoms with Gasteiger partial charge in [0.1, 0.15) is 0 Å². The third-order valence-electron chi connectivity index (χ3n) is 4.64. The zero-order valence-electron chi connectivity index (χ0n) is 16.8. The fraction of sp³-hybridized carbons (Fsp3) is 0.409. The molecule has 1 aliphatic rings. The lowest BCUT2D eigenvalue weighted by Crippen LogP contribution is -2.39. The maximum absolute atomic E-state index is 5.49. The Morgan fingerprint density at radius 2 is 1.86 bits per heavy atom. The van der Waals surface area contributed by atoms with Gasteiger partial charge in [-0.25, -0.2) is 4.99 Å². The average molecular weight is 494 g/mol. The molecule has 152 valence electrons. The minimum absolute atomic E-state index is 0. The molecule has 1 saturated heterocycles. The Bertz CT molecular complexity index is 760. The van der Waals surface area contributed by atoms with Crippen LogP contribution >= 0.6 is 24.0 Å². The third kappa shape index (κ3) is 6.67. The van der Waals surface area contributed by atoms with Crippen LogP contribution in [0, 0.1) is 6.92 Å². The number of benzene rings is 2. The molecule has 1 heterocycles. The van der Waals surface area contributed by atoms with E-state index in [4.69, 9.17) is 9.73 Å². The Labute approximate surface area is 185 Å². The highest BCUT2D eigenvalue weighted by atomic mass is 127. The number of halogens is 1. The van der Waals surface area contributed by atoms with Crippen LogP contribution in [0.4, 0.5) is 5.69 Å². The van der Waals surface area contributed by atoms with Gasteiger partial charge in [0, 0.05) is 31.9 Å². The zero-order chi connectivity index (χ0) is 18.9. The number of guanidine groups is 1. The molecular formula is C22H31IN4O. The number of rotatable bonds is 6. The average Bonchev–Trinajstić information content (AvgIpc) is 2.71. The van der Waals surface area contributed by atoms with Crippen LogP contribution < -0.4 is 15.5 Å². The predicted octanol–water partition coefficient (Wildman–Crippen LogP) is 3.70. The number of hydrogen-bond donors (Lipinski definition) is 2. The summed E-state index contributed by atoms with van der Waals surface area (Å²) in [6.07, 6.45) is 0. The second-order valence-electron chi connectivity index (χ2n) is 6.77.